The van der Waals surface area contributed by atoms with E-state index in [1.165, 1.54) is 31.1 Å². The van der Waals surface area contributed by atoms with Gasteiger partial charge in [0.05, 0.1) is 0 Å². The predicted octanol–water partition coefficient (Wildman–Crippen LogP) is -0.323. The third-order valence-corrected chi connectivity index (χ3v) is 4.15. The minimum atomic E-state index is 0.637. The monoisotopic (exact) mass is 201 g/mol. The highest BCUT2D eigenvalue weighted by molar-refractivity contribution is 7.99. The second-order valence-electron chi connectivity index (χ2n) is 4.08. The highest BCUT2D eigenvalue weighted by atomic mass is 32.2. The van der Waals surface area contributed by atoms with E-state index in [9.17, 15) is 0 Å². The molecule has 0 aromatic rings. The molecule has 2 heterocycles. The largest absolute Gasteiger partial charge is 0.329 e. The van der Waals surface area contributed by atoms with Crippen molar-refractivity contribution in [1.82, 2.24) is 9.80 Å². The Balaban J connectivity index is 1.87. The average molecular weight is 201 g/mol. The van der Waals surface area contributed by atoms with E-state index in [-0.39, 0.29) is 0 Å². The fraction of sp³-hybridized carbons (Fsp3) is 1.00. The summed E-state index contributed by atoms with van der Waals surface area (Å²) in [5.74, 6) is 2.52. The highest BCUT2D eigenvalue weighted by Gasteiger charge is 2.34. The second kappa shape index (κ2) is 4.17. The Hall–Kier alpha value is 0.230. The first kappa shape index (κ1) is 9.77. The molecule has 2 saturated heterocycles. The molecule has 1 unspecified atom stereocenters. The lowest BCUT2D eigenvalue weighted by Gasteiger charge is -2.48. The van der Waals surface area contributed by atoms with Crippen LogP contribution in [0, 0.1) is 0 Å². The van der Waals surface area contributed by atoms with Crippen LogP contribution in [0.3, 0.4) is 0 Å². The van der Waals surface area contributed by atoms with Crippen LogP contribution in [0.25, 0.3) is 0 Å². The summed E-state index contributed by atoms with van der Waals surface area (Å²) in [5.41, 5.74) is 5.78. The zero-order valence-corrected chi connectivity index (χ0v) is 9.09. The molecule has 0 aliphatic carbocycles. The number of likely N-dealkylation sites (N-methyl/N-ethyl adjacent to an activating group) is 1. The summed E-state index contributed by atoms with van der Waals surface area (Å²) in [5, 5.41) is 0. The molecule has 4 heteroatoms. The minimum absolute atomic E-state index is 0.637. The van der Waals surface area contributed by atoms with E-state index in [2.05, 4.69) is 16.8 Å². The number of rotatable bonds is 2. The van der Waals surface area contributed by atoms with Crippen molar-refractivity contribution in [2.75, 3.05) is 44.7 Å². The molecule has 0 aromatic heterocycles. The first-order valence-electron chi connectivity index (χ1n) is 5.03. The van der Waals surface area contributed by atoms with E-state index in [1.54, 1.807) is 0 Å². The van der Waals surface area contributed by atoms with Crippen LogP contribution < -0.4 is 5.73 Å². The van der Waals surface area contributed by atoms with E-state index < -0.39 is 0 Å². The molecular formula is C9H19N3S. The quantitative estimate of drug-likeness (QED) is 0.663. The molecule has 0 bridgehead atoms. The average Bonchev–Trinajstić information content (AvgIpc) is 2.13. The van der Waals surface area contributed by atoms with Gasteiger partial charge in [-0.25, -0.2) is 0 Å². The van der Waals surface area contributed by atoms with E-state index in [1.807, 2.05) is 11.8 Å². The van der Waals surface area contributed by atoms with Gasteiger partial charge in [0.25, 0.3) is 0 Å². The van der Waals surface area contributed by atoms with Gasteiger partial charge in [-0.05, 0) is 7.05 Å². The van der Waals surface area contributed by atoms with E-state index in [0.717, 1.165) is 12.6 Å². The van der Waals surface area contributed by atoms with Crippen molar-refractivity contribution in [2.45, 2.75) is 12.1 Å². The maximum Gasteiger partial charge on any atom is 0.0354 e. The minimum Gasteiger partial charge on any atom is -0.329 e. The van der Waals surface area contributed by atoms with Crippen LogP contribution in [-0.2, 0) is 0 Å². The Morgan fingerprint density at radius 3 is 2.85 bits per heavy atom. The molecule has 0 radical (unpaired) electrons. The van der Waals surface area contributed by atoms with Crippen LogP contribution in [0.2, 0.25) is 0 Å². The van der Waals surface area contributed by atoms with E-state index in [0.29, 0.717) is 6.04 Å². The highest BCUT2D eigenvalue weighted by Crippen LogP contribution is 2.22. The number of likely N-dealkylation sites (tertiary alicyclic amines) is 1. The molecule has 13 heavy (non-hydrogen) atoms. The van der Waals surface area contributed by atoms with Crippen molar-refractivity contribution in [1.29, 1.82) is 0 Å². The Kier molecular flexibility index (Phi) is 3.14. The normalized spacial score (nSPS) is 33.2. The predicted molar refractivity (Wildman–Crippen MR) is 58.2 cm³/mol. The molecule has 2 aliphatic heterocycles. The fourth-order valence-corrected chi connectivity index (χ4v) is 3.33. The molecule has 1 atom stereocenters. The lowest BCUT2D eigenvalue weighted by atomic mass is 10.1. The van der Waals surface area contributed by atoms with Gasteiger partial charge >= 0.3 is 0 Å². The van der Waals surface area contributed by atoms with Crippen LogP contribution >= 0.6 is 11.8 Å². The number of thioether (sulfide) groups is 1. The summed E-state index contributed by atoms with van der Waals surface area (Å²) in [6, 6.07) is 1.43. The fourth-order valence-electron chi connectivity index (χ4n) is 2.23. The van der Waals surface area contributed by atoms with Crippen molar-refractivity contribution in [2.24, 2.45) is 5.73 Å². The Morgan fingerprint density at radius 1 is 1.46 bits per heavy atom. The van der Waals surface area contributed by atoms with Crippen molar-refractivity contribution in [3.05, 3.63) is 0 Å². The molecule has 76 valence electrons. The van der Waals surface area contributed by atoms with E-state index in [4.69, 9.17) is 5.73 Å². The molecule has 0 saturated carbocycles. The number of hydrogen-bond donors (Lipinski definition) is 1. The zero-order chi connectivity index (χ0) is 9.26. The third kappa shape index (κ3) is 2.01. The smallest absolute Gasteiger partial charge is 0.0354 e. The van der Waals surface area contributed by atoms with Gasteiger partial charge in [-0.2, -0.15) is 11.8 Å². The number of hydrogen-bond acceptors (Lipinski definition) is 4. The molecule has 3 nitrogen and oxygen atoms in total. The van der Waals surface area contributed by atoms with Gasteiger partial charge in [0.1, 0.15) is 0 Å². The first-order chi connectivity index (χ1) is 6.31. The third-order valence-electron chi connectivity index (χ3n) is 3.06. The van der Waals surface area contributed by atoms with Gasteiger partial charge in [-0.15, -0.1) is 0 Å². The summed E-state index contributed by atoms with van der Waals surface area (Å²) < 4.78 is 0. The van der Waals surface area contributed by atoms with Crippen molar-refractivity contribution in [3.8, 4) is 0 Å². The summed E-state index contributed by atoms with van der Waals surface area (Å²) >= 11 is 2.05. The molecule has 2 aliphatic rings. The molecule has 2 fully saturated rings. The standard InChI is InChI=1S/C9H19N3S/c1-11-5-9(6-11)12-2-3-13-7-8(12)4-10/h8-9H,2-7,10H2,1H3. The van der Waals surface area contributed by atoms with Gasteiger partial charge in [0.15, 0.2) is 0 Å². The van der Waals surface area contributed by atoms with Gasteiger partial charge < -0.3 is 10.6 Å². The number of nitrogens with two attached hydrogens (primary N) is 1. The van der Waals surface area contributed by atoms with Gasteiger partial charge in [-0.1, -0.05) is 0 Å². The maximum absolute atomic E-state index is 5.78. The summed E-state index contributed by atoms with van der Waals surface area (Å²) in [6.45, 7) is 4.54. The Morgan fingerprint density at radius 2 is 2.23 bits per heavy atom. The second-order valence-corrected chi connectivity index (χ2v) is 5.23. The molecule has 0 amide bonds. The molecule has 0 spiro atoms. The summed E-state index contributed by atoms with van der Waals surface area (Å²) in [7, 11) is 2.19. The van der Waals surface area contributed by atoms with Crippen LogP contribution in [0.15, 0.2) is 0 Å². The lowest BCUT2D eigenvalue weighted by Crippen LogP contribution is -2.63. The van der Waals surface area contributed by atoms with Crippen LogP contribution in [0.5, 0.6) is 0 Å². The molecule has 2 N–H and O–H groups in total. The summed E-state index contributed by atoms with van der Waals surface area (Å²) in [6.07, 6.45) is 0. The van der Waals surface area contributed by atoms with Crippen molar-refractivity contribution >= 4 is 11.8 Å². The number of nitrogens with zero attached hydrogens (tertiary/aromatic N) is 2. The van der Waals surface area contributed by atoms with Crippen molar-refractivity contribution in [3.63, 3.8) is 0 Å². The topological polar surface area (TPSA) is 32.5 Å². The maximum atomic E-state index is 5.78. The first-order valence-corrected chi connectivity index (χ1v) is 6.19. The van der Waals surface area contributed by atoms with Gasteiger partial charge in [0.2, 0.25) is 0 Å². The molecule has 2 rings (SSSR count). The molecule has 0 aromatic carbocycles. The summed E-state index contributed by atoms with van der Waals surface area (Å²) in [4.78, 5) is 5.00. The lowest BCUT2D eigenvalue weighted by molar-refractivity contribution is 0.0333. The van der Waals surface area contributed by atoms with Gasteiger partial charge in [-0.3, -0.25) is 4.90 Å². The SMILES string of the molecule is CN1CC(N2CCSCC2CN)C1. The van der Waals surface area contributed by atoms with E-state index >= 15 is 0 Å². The molecular weight excluding hydrogens is 182 g/mol. The Bertz CT molecular complexity index is 170. The Labute approximate surface area is 84.6 Å². The van der Waals surface area contributed by atoms with Gasteiger partial charge in [0, 0.05) is 49.8 Å². The van der Waals surface area contributed by atoms with Crippen molar-refractivity contribution < 1.29 is 0 Å². The van der Waals surface area contributed by atoms with Crippen LogP contribution in [0.1, 0.15) is 0 Å². The zero-order valence-electron chi connectivity index (χ0n) is 8.28. The van der Waals surface area contributed by atoms with Crippen LogP contribution in [-0.4, -0.2) is 66.6 Å². The van der Waals surface area contributed by atoms with Crippen LogP contribution in [0.4, 0.5) is 0 Å².